The molecule has 1 aromatic carbocycles. The van der Waals surface area contributed by atoms with Gasteiger partial charge in [0.15, 0.2) is 5.82 Å². The molecule has 7 nitrogen and oxygen atoms in total. The van der Waals surface area contributed by atoms with Gasteiger partial charge in [-0.05, 0) is 6.07 Å². The van der Waals surface area contributed by atoms with Crippen molar-refractivity contribution in [2.24, 2.45) is 10.9 Å². The zero-order chi connectivity index (χ0) is 17.1. The molecule has 1 N–H and O–H groups in total. The number of rotatable bonds is 5. The SMILES string of the molecule is COCC1=Nc2[nH]ncc2C(c2ccccc2OC)C1C(=O)OC. The van der Waals surface area contributed by atoms with Gasteiger partial charge in [-0.25, -0.2) is 4.99 Å². The van der Waals surface area contributed by atoms with E-state index >= 15 is 0 Å². The molecule has 24 heavy (non-hydrogen) atoms. The van der Waals surface area contributed by atoms with Gasteiger partial charge in [-0.2, -0.15) is 5.10 Å². The first-order valence-electron chi connectivity index (χ1n) is 7.51. The monoisotopic (exact) mass is 329 g/mol. The average molecular weight is 329 g/mol. The summed E-state index contributed by atoms with van der Waals surface area (Å²) in [6.07, 6.45) is 1.69. The second kappa shape index (κ2) is 6.84. The Bertz CT molecular complexity index is 769. The molecule has 2 heterocycles. The maximum absolute atomic E-state index is 12.5. The summed E-state index contributed by atoms with van der Waals surface area (Å²) in [5, 5.41) is 6.96. The minimum absolute atomic E-state index is 0.226. The van der Waals surface area contributed by atoms with Crippen LogP contribution in [0.4, 0.5) is 5.82 Å². The van der Waals surface area contributed by atoms with E-state index in [1.54, 1.807) is 20.4 Å². The maximum atomic E-state index is 12.5. The normalized spacial score (nSPS) is 19.4. The largest absolute Gasteiger partial charge is 0.496 e. The topological polar surface area (TPSA) is 85.8 Å². The molecule has 0 spiro atoms. The molecule has 2 unspecified atom stereocenters. The number of hydrogen-bond acceptors (Lipinski definition) is 6. The van der Waals surface area contributed by atoms with Crippen LogP contribution in [0.15, 0.2) is 35.5 Å². The minimum Gasteiger partial charge on any atom is -0.496 e. The fourth-order valence-corrected chi connectivity index (χ4v) is 3.13. The number of esters is 1. The summed E-state index contributed by atoms with van der Waals surface area (Å²) in [6, 6.07) is 7.60. The van der Waals surface area contributed by atoms with Gasteiger partial charge in [0.25, 0.3) is 0 Å². The van der Waals surface area contributed by atoms with Crippen LogP contribution in [-0.2, 0) is 14.3 Å². The number of methoxy groups -OCH3 is 3. The zero-order valence-corrected chi connectivity index (χ0v) is 13.8. The summed E-state index contributed by atoms with van der Waals surface area (Å²) in [7, 11) is 4.55. The molecule has 0 radical (unpaired) electrons. The van der Waals surface area contributed by atoms with Gasteiger partial charge >= 0.3 is 5.97 Å². The van der Waals surface area contributed by atoms with Crippen LogP contribution in [-0.4, -0.2) is 49.8 Å². The molecule has 0 bridgehead atoms. The van der Waals surface area contributed by atoms with Crippen molar-refractivity contribution in [2.75, 3.05) is 27.9 Å². The van der Waals surface area contributed by atoms with Crippen LogP contribution in [0.1, 0.15) is 17.0 Å². The highest BCUT2D eigenvalue weighted by Crippen LogP contribution is 2.44. The van der Waals surface area contributed by atoms with Crippen LogP contribution in [0.3, 0.4) is 0 Å². The van der Waals surface area contributed by atoms with E-state index < -0.39 is 5.92 Å². The molecule has 0 saturated heterocycles. The molecule has 7 heteroatoms. The quantitative estimate of drug-likeness (QED) is 0.849. The van der Waals surface area contributed by atoms with Crippen LogP contribution in [0.25, 0.3) is 0 Å². The van der Waals surface area contributed by atoms with Crippen molar-refractivity contribution in [1.82, 2.24) is 10.2 Å². The zero-order valence-electron chi connectivity index (χ0n) is 13.8. The Balaban J connectivity index is 2.20. The van der Waals surface area contributed by atoms with Crippen molar-refractivity contribution in [3.8, 4) is 5.75 Å². The Labute approximate surface area is 139 Å². The lowest BCUT2D eigenvalue weighted by Crippen LogP contribution is -2.36. The first-order valence-corrected chi connectivity index (χ1v) is 7.51. The lowest BCUT2D eigenvalue weighted by atomic mass is 9.77. The Morgan fingerprint density at radius 1 is 1.21 bits per heavy atom. The molecule has 2 atom stereocenters. The van der Waals surface area contributed by atoms with Crippen molar-refractivity contribution in [3.63, 3.8) is 0 Å². The number of aliphatic imine (C=N–C) groups is 1. The molecule has 3 rings (SSSR count). The third kappa shape index (κ3) is 2.67. The summed E-state index contributed by atoms with van der Waals surface area (Å²) in [5.41, 5.74) is 2.30. The summed E-state index contributed by atoms with van der Waals surface area (Å²) in [4.78, 5) is 17.0. The van der Waals surface area contributed by atoms with Crippen LogP contribution in [0.5, 0.6) is 5.75 Å². The van der Waals surface area contributed by atoms with Crippen molar-refractivity contribution in [3.05, 3.63) is 41.6 Å². The van der Waals surface area contributed by atoms with Gasteiger partial charge in [-0.3, -0.25) is 9.89 Å². The first-order chi connectivity index (χ1) is 11.7. The smallest absolute Gasteiger partial charge is 0.315 e. The number of ether oxygens (including phenoxy) is 3. The second-order valence-electron chi connectivity index (χ2n) is 5.43. The van der Waals surface area contributed by atoms with E-state index in [-0.39, 0.29) is 18.5 Å². The highest BCUT2D eigenvalue weighted by molar-refractivity contribution is 6.06. The summed E-state index contributed by atoms with van der Waals surface area (Å²) in [6.45, 7) is 0.226. The van der Waals surface area contributed by atoms with Crippen molar-refractivity contribution in [2.45, 2.75) is 5.92 Å². The van der Waals surface area contributed by atoms with E-state index in [2.05, 4.69) is 15.2 Å². The standard InChI is InChI=1S/C17H19N3O4/c1-22-9-12-15(17(21)24-3)14(11-8-18-20-16(11)19-12)10-6-4-5-7-13(10)23-2/h4-8,14-15H,9H2,1-3H3,(H,18,20). The summed E-state index contributed by atoms with van der Waals surface area (Å²) in [5.74, 6) is 0.0373. The van der Waals surface area contributed by atoms with Gasteiger partial charge in [0.2, 0.25) is 0 Å². The summed E-state index contributed by atoms with van der Waals surface area (Å²) >= 11 is 0. The maximum Gasteiger partial charge on any atom is 0.315 e. The number of fused-ring (bicyclic) bond motifs is 1. The summed E-state index contributed by atoms with van der Waals surface area (Å²) < 4.78 is 15.8. The predicted molar refractivity (Wildman–Crippen MR) is 87.9 cm³/mol. The Kier molecular flexibility index (Phi) is 4.61. The molecule has 0 saturated carbocycles. The van der Waals surface area contributed by atoms with E-state index in [0.717, 1.165) is 11.1 Å². The van der Waals surface area contributed by atoms with Gasteiger partial charge in [0.1, 0.15) is 11.7 Å². The van der Waals surface area contributed by atoms with E-state index in [4.69, 9.17) is 14.2 Å². The first kappa shape index (κ1) is 16.2. The van der Waals surface area contributed by atoms with Gasteiger partial charge in [-0.15, -0.1) is 0 Å². The van der Waals surface area contributed by atoms with Crippen molar-refractivity contribution < 1.29 is 19.0 Å². The van der Waals surface area contributed by atoms with Crippen LogP contribution in [0.2, 0.25) is 0 Å². The van der Waals surface area contributed by atoms with E-state index in [9.17, 15) is 4.79 Å². The van der Waals surface area contributed by atoms with Gasteiger partial charge < -0.3 is 14.2 Å². The molecule has 1 aliphatic rings. The molecule has 1 aromatic heterocycles. The number of para-hydroxylation sites is 1. The third-order valence-electron chi connectivity index (χ3n) is 4.15. The number of benzene rings is 1. The van der Waals surface area contributed by atoms with Crippen LogP contribution >= 0.6 is 0 Å². The lowest BCUT2D eigenvalue weighted by Gasteiger charge is -2.30. The number of hydrogen-bond donors (Lipinski definition) is 1. The molecular weight excluding hydrogens is 310 g/mol. The van der Waals surface area contributed by atoms with Gasteiger partial charge in [0.05, 0.1) is 32.7 Å². The third-order valence-corrected chi connectivity index (χ3v) is 4.15. The van der Waals surface area contributed by atoms with E-state index in [1.165, 1.54) is 7.11 Å². The van der Waals surface area contributed by atoms with Crippen molar-refractivity contribution in [1.29, 1.82) is 0 Å². The predicted octanol–water partition coefficient (Wildman–Crippen LogP) is 2.07. The number of nitrogens with zero attached hydrogens (tertiary/aromatic N) is 2. The Morgan fingerprint density at radius 2 is 2.00 bits per heavy atom. The average Bonchev–Trinajstić information content (AvgIpc) is 3.08. The highest BCUT2D eigenvalue weighted by atomic mass is 16.5. The molecule has 0 fully saturated rings. The number of aromatic nitrogens is 2. The molecule has 126 valence electrons. The highest BCUT2D eigenvalue weighted by Gasteiger charge is 2.42. The van der Waals surface area contributed by atoms with Crippen molar-refractivity contribution >= 4 is 17.5 Å². The molecule has 0 amide bonds. The minimum atomic E-state index is -0.601. The number of nitrogens with one attached hydrogen (secondary N) is 1. The number of carbonyl (C=O) groups excluding carboxylic acids is 1. The molecule has 1 aliphatic heterocycles. The van der Waals surface area contributed by atoms with Crippen LogP contribution in [0, 0.1) is 5.92 Å². The second-order valence-corrected chi connectivity index (χ2v) is 5.43. The van der Waals surface area contributed by atoms with E-state index in [0.29, 0.717) is 17.3 Å². The fourth-order valence-electron chi connectivity index (χ4n) is 3.13. The van der Waals surface area contributed by atoms with E-state index in [1.807, 2.05) is 24.3 Å². The van der Waals surface area contributed by atoms with Crippen LogP contribution < -0.4 is 4.74 Å². The Morgan fingerprint density at radius 3 is 2.71 bits per heavy atom. The Hall–Kier alpha value is -2.67. The number of aromatic amines is 1. The van der Waals surface area contributed by atoms with Gasteiger partial charge in [0, 0.05) is 24.2 Å². The van der Waals surface area contributed by atoms with Gasteiger partial charge in [-0.1, -0.05) is 18.2 Å². The fraction of sp³-hybridized carbons (Fsp3) is 0.353. The number of carbonyl (C=O) groups is 1. The lowest BCUT2D eigenvalue weighted by molar-refractivity contribution is -0.143. The molecular formula is C17H19N3O4. The molecule has 2 aromatic rings. The molecule has 0 aliphatic carbocycles. The number of H-pyrrole nitrogens is 1.